The molecule has 0 unspecified atom stereocenters. The van der Waals surface area contributed by atoms with Crippen LogP contribution in [0, 0.1) is 6.92 Å². The van der Waals surface area contributed by atoms with E-state index in [-0.39, 0.29) is 11.8 Å². The van der Waals surface area contributed by atoms with E-state index >= 15 is 0 Å². The lowest BCUT2D eigenvalue weighted by atomic mass is 9.96. The van der Waals surface area contributed by atoms with Crippen molar-refractivity contribution in [3.8, 4) is 0 Å². The van der Waals surface area contributed by atoms with Crippen molar-refractivity contribution in [2.75, 3.05) is 26.2 Å². The van der Waals surface area contributed by atoms with Gasteiger partial charge in [0, 0.05) is 38.4 Å². The number of likely N-dealkylation sites (tertiary alicyclic amines) is 2. The summed E-state index contributed by atoms with van der Waals surface area (Å²) in [5.74, 6) is 2.90. The second-order valence-electron chi connectivity index (χ2n) is 7.63. The molecule has 2 aromatic heterocycles. The standard InChI is InChI=1S/C19H27N7O/c1-14-20-10-16(11-21-14)19(27)26-9-5-6-15(12-26)18-23-22-17(24(18)2)13-25-7-3-4-8-25/h10-11,15H,3-9,12-13H2,1-2H3/t15-/m0/s1. The Balaban J connectivity index is 1.45. The molecule has 2 saturated heterocycles. The average molecular weight is 369 g/mol. The fraction of sp³-hybridized carbons (Fsp3) is 0.632. The van der Waals surface area contributed by atoms with Gasteiger partial charge in [0.2, 0.25) is 0 Å². The minimum Gasteiger partial charge on any atom is -0.338 e. The lowest BCUT2D eigenvalue weighted by molar-refractivity contribution is 0.0702. The van der Waals surface area contributed by atoms with Gasteiger partial charge in [0.05, 0.1) is 12.1 Å². The molecule has 0 aliphatic carbocycles. The highest BCUT2D eigenvalue weighted by atomic mass is 16.2. The number of carbonyl (C=O) groups excluding carboxylic acids is 1. The quantitative estimate of drug-likeness (QED) is 0.813. The molecule has 8 heteroatoms. The van der Waals surface area contributed by atoms with Crippen LogP contribution in [0.4, 0.5) is 0 Å². The first-order valence-corrected chi connectivity index (χ1v) is 9.80. The van der Waals surface area contributed by atoms with Gasteiger partial charge in [-0.25, -0.2) is 9.97 Å². The van der Waals surface area contributed by atoms with Crippen LogP contribution < -0.4 is 0 Å². The SMILES string of the molecule is Cc1ncc(C(=O)N2CCC[C@H](c3nnc(CN4CCCC4)n3C)C2)cn1. The van der Waals surface area contributed by atoms with Gasteiger partial charge in [0.1, 0.15) is 17.5 Å². The molecule has 27 heavy (non-hydrogen) atoms. The van der Waals surface area contributed by atoms with Gasteiger partial charge in [0.25, 0.3) is 5.91 Å². The second-order valence-corrected chi connectivity index (χ2v) is 7.63. The summed E-state index contributed by atoms with van der Waals surface area (Å²) in [7, 11) is 2.05. The lowest BCUT2D eigenvalue weighted by Gasteiger charge is -2.32. The highest BCUT2D eigenvalue weighted by molar-refractivity contribution is 5.93. The molecular formula is C19H27N7O. The van der Waals surface area contributed by atoms with Crippen molar-refractivity contribution in [3.63, 3.8) is 0 Å². The van der Waals surface area contributed by atoms with Gasteiger partial charge in [-0.15, -0.1) is 10.2 Å². The third kappa shape index (κ3) is 3.85. The van der Waals surface area contributed by atoms with Crippen LogP contribution in [0.2, 0.25) is 0 Å². The summed E-state index contributed by atoms with van der Waals surface area (Å²) < 4.78 is 2.13. The number of aromatic nitrogens is 5. The molecule has 0 N–H and O–H groups in total. The van der Waals surface area contributed by atoms with E-state index in [9.17, 15) is 4.79 Å². The third-order valence-electron chi connectivity index (χ3n) is 5.66. The van der Waals surface area contributed by atoms with Gasteiger partial charge < -0.3 is 9.47 Å². The van der Waals surface area contributed by atoms with Crippen molar-refractivity contribution in [3.05, 3.63) is 35.4 Å². The summed E-state index contributed by atoms with van der Waals surface area (Å²) >= 11 is 0. The fourth-order valence-corrected chi connectivity index (χ4v) is 4.07. The van der Waals surface area contributed by atoms with E-state index in [0.717, 1.165) is 50.7 Å². The van der Waals surface area contributed by atoms with Crippen molar-refractivity contribution in [1.82, 2.24) is 34.5 Å². The molecule has 1 amide bonds. The molecule has 0 spiro atoms. The van der Waals surface area contributed by atoms with Crippen LogP contribution in [0.5, 0.6) is 0 Å². The van der Waals surface area contributed by atoms with Crippen molar-refractivity contribution in [1.29, 1.82) is 0 Å². The number of nitrogens with zero attached hydrogens (tertiary/aromatic N) is 7. The molecule has 0 radical (unpaired) electrons. The average Bonchev–Trinajstić information content (AvgIpc) is 3.33. The smallest absolute Gasteiger partial charge is 0.257 e. The molecule has 8 nitrogen and oxygen atoms in total. The summed E-state index contributed by atoms with van der Waals surface area (Å²) in [6.07, 6.45) is 7.77. The van der Waals surface area contributed by atoms with Crippen molar-refractivity contribution in [2.24, 2.45) is 7.05 Å². The number of hydrogen-bond donors (Lipinski definition) is 0. The number of amides is 1. The monoisotopic (exact) mass is 369 g/mol. The van der Waals surface area contributed by atoms with Crippen LogP contribution in [0.15, 0.2) is 12.4 Å². The van der Waals surface area contributed by atoms with Crippen molar-refractivity contribution in [2.45, 2.75) is 45.1 Å². The first-order chi connectivity index (χ1) is 13.1. The maximum Gasteiger partial charge on any atom is 0.257 e. The highest BCUT2D eigenvalue weighted by Gasteiger charge is 2.29. The molecule has 0 bridgehead atoms. The first kappa shape index (κ1) is 18.0. The van der Waals surface area contributed by atoms with Crippen molar-refractivity contribution >= 4 is 5.91 Å². The Bertz CT molecular complexity index is 795. The molecule has 1 atom stereocenters. The molecule has 2 aromatic rings. The molecule has 144 valence electrons. The van der Waals surface area contributed by atoms with Crippen LogP contribution in [0.25, 0.3) is 0 Å². The van der Waals surface area contributed by atoms with Crippen LogP contribution in [0.1, 0.15) is 59.4 Å². The van der Waals surface area contributed by atoms with Crippen LogP contribution in [-0.4, -0.2) is 66.6 Å². The van der Waals surface area contributed by atoms with Crippen LogP contribution in [0.3, 0.4) is 0 Å². The maximum atomic E-state index is 12.8. The van der Waals surface area contributed by atoms with E-state index in [0.29, 0.717) is 17.9 Å². The molecule has 4 heterocycles. The fourth-order valence-electron chi connectivity index (χ4n) is 4.07. The Morgan fingerprint density at radius 3 is 2.59 bits per heavy atom. The van der Waals surface area contributed by atoms with Gasteiger partial charge in [-0.3, -0.25) is 9.69 Å². The van der Waals surface area contributed by atoms with Crippen molar-refractivity contribution < 1.29 is 4.79 Å². The van der Waals surface area contributed by atoms with E-state index in [2.05, 4.69) is 36.7 Å². The first-order valence-electron chi connectivity index (χ1n) is 9.80. The number of carbonyl (C=O) groups is 1. The zero-order valence-corrected chi connectivity index (χ0v) is 16.1. The van der Waals surface area contributed by atoms with E-state index < -0.39 is 0 Å². The Hall–Kier alpha value is -2.35. The summed E-state index contributed by atoms with van der Waals surface area (Å²) in [5, 5.41) is 8.92. The van der Waals surface area contributed by atoms with E-state index in [4.69, 9.17) is 0 Å². The summed E-state index contributed by atoms with van der Waals surface area (Å²) in [6.45, 7) is 6.40. The molecule has 2 aliphatic rings. The Morgan fingerprint density at radius 1 is 1.11 bits per heavy atom. The van der Waals surface area contributed by atoms with Gasteiger partial charge in [0.15, 0.2) is 0 Å². The topological polar surface area (TPSA) is 80.0 Å². The van der Waals surface area contributed by atoms with Crippen LogP contribution in [-0.2, 0) is 13.6 Å². The molecule has 2 fully saturated rings. The Morgan fingerprint density at radius 2 is 1.85 bits per heavy atom. The number of rotatable bonds is 4. The Kier molecular flexibility index (Phi) is 5.15. The summed E-state index contributed by atoms with van der Waals surface area (Å²) in [5.41, 5.74) is 0.550. The minimum atomic E-state index is -0.000779. The Labute approximate surface area is 159 Å². The molecule has 0 aromatic carbocycles. The summed E-state index contributed by atoms with van der Waals surface area (Å²) in [6, 6.07) is 0. The molecular weight excluding hydrogens is 342 g/mol. The van der Waals surface area contributed by atoms with E-state index in [1.807, 2.05) is 11.8 Å². The summed E-state index contributed by atoms with van der Waals surface area (Å²) in [4.78, 5) is 25.4. The number of piperidine rings is 1. The lowest BCUT2D eigenvalue weighted by Crippen LogP contribution is -2.39. The van der Waals surface area contributed by atoms with Crippen LogP contribution >= 0.6 is 0 Å². The van der Waals surface area contributed by atoms with Gasteiger partial charge in [-0.2, -0.15) is 0 Å². The largest absolute Gasteiger partial charge is 0.338 e. The molecule has 0 saturated carbocycles. The van der Waals surface area contributed by atoms with E-state index in [1.54, 1.807) is 12.4 Å². The number of hydrogen-bond acceptors (Lipinski definition) is 6. The minimum absolute atomic E-state index is 0.000779. The van der Waals surface area contributed by atoms with Gasteiger partial charge >= 0.3 is 0 Å². The van der Waals surface area contributed by atoms with E-state index in [1.165, 1.54) is 12.8 Å². The predicted octanol–water partition coefficient (Wildman–Crippen LogP) is 1.53. The normalized spacial score (nSPS) is 21.0. The van der Waals surface area contributed by atoms with Gasteiger partial charge in [-0.05, 0) is 45.7 Å². The predicted molar refractivity (Wildman–Crippen MR) is 100 cm³/mol. The second kappa shape index (κ2) is 7.72. The molecule has 2 aliphatic heterocycles. The zero-order valence-electron chi connectivity index (χ0n) is 16.1. The zero-order chi connectivity index (χ0) is 18.8. The third-order valence-corrected chi connectivity index (χ3v) is 5.66. The maximum absolute atomic E-state index is 12.8. The number of aryl methyl sites for hydroxylation is 1. The molecule has 4 rings (SSSR count). The van der Waals surface area contributed by atoms with Gasteiger partial charge in [-0.1, -0.05) is 0 Å². The highest BCUT2D eigenvalue weighted by Crippen LogP contribution is 2.27.